The lowest BCUT2D eigenvalue weighted by Gasteiger charge is -2.37. The van der Waals surface area contributed by atoms with Gasteiger partial charge in [0.1, 0.15) is 0 Å². The summed E-state index contributed by atoms with van der Waals surface area (Å²) < 4.78 is 11.1. The van der Waals surface area contributed by atoms with Gasteiger partial charge in [0, 0.05) is 37.3 Å². The summed E-state index contributed by atoms with van der Waals surface area (Å²) in [5.74, 6) is 1.83. The van der Waals surface area contributed by atoms with Crippen LogP contribution in [0.25, 0.3) is 5.57 Å². The zero-order valence-electron chi connectivity index (χ0n) is 23.1. The van der Waals surface area contributed by atoms with E-state index in [1.807, 2.05) is 23.1 Å². The Kier molecular flexibility index (Phi) is 7.43. The fourth-order valence-corrected chi connectivity index (χ4v) is 6.75. The van der Waals surface area contributed by atoms with E-state index in [-0.39, 0.29) is 5.91 Å². The maximum Gasteiger partial charge on any atom is 0.254 e. The van der Waals surface area contributed by atoms with Gasteiger partial charge in [-0.2, -0.15) is 0 Å². The SMILES string of the molecule is CCN(CC)C(=O)c1ccccc1C(=C1CC2CCC(C1)N2CCc1ccc2c(c1)OCO2)c1ccccc1. The average Bonchev–Trinajstić information content (AvgIpc) is 3.53. The highest BCUT2D eigenvalue weighted by Gasteiger charge is 2.39. The van der Waals surface area contributed by atoms with Gasteiger partial charge in [-0.15, -0.1) is 0 Å². The van der Waals surface area contributed by atoms with Crippen molar-refractivity contribution < 1.29 is 14.3 Å². The number of benzene rings is 3. The Hall–Kier alpha value is -3.57. The maximum absolute atomic E-state index is 13.6. The van der Waals surface area contributed by atoms with Gasteiger partial charge in [0.2, 0.25) is 6.79 Å². The predicted molar refractivity (Wildman–Crippen MR) is 155 cm³/mol. The van der Waals surface area contributed by atoms with Crippen molar-refractivity contribution in [3.63, 3.8) is 0 Å². The van der Waals surface area contributed by atoms with Crippen LogP contribution in [0, 0.1) is 0 Å². The molecule has 3 aliphatic heterocycles. The lowest BCUT2D eigenvalue weighted by molar-refractivity contribution is 0.0772. The second-order valence-corrected chi connectivity index (χ2v) is 10.8. The highest BCUT2D eigenvalue weighted by atomic mass is 16.7. The molecule has 3 aliphatic rings. The van der Waals surface area contributed by atoms with Crippen molar-refractivity contribution >= 4 is 11.5 Å². The van der Waals surface area contributed by atoms with Crippen molar-refractivity contribution in [3.05, 3.63) is 101 Å². The quantitative estimate of drug-likeness (QED) is 0.336. The first kappa shape index (κ1) is 25.7. The highest BCUT2D eigenvalue weighted by Crippen LogP contribution is 2.43. The lowest BCUT2D eigenvalue weighted by Crippen LogP contribution is -2.42. The molecule has 0 radical (unpaired) electrons. The van der Waals surface area contributed by atoms with Crippen molar-refractivity contribution in [3.8, 4) is 11.5 Å². The summed E-state index contributed by atoms with van der Waals surface area (Å²) in [6.45, 7) is 6.90. The largest absolute Gasteiger partial charge is 0.454 e. The molecule has 0 N–H and O–H groups in total. The predicted octanol–water partition coefficient (Wildman–Crippen LogP) is 6.57. The molecule has 3 aromatic carbocycles. The molecule has 0 aromatic heterocycles. The molecular formula is C34H38N2O3. The molecule has 2 atom stereocenters. The summed E-state index contributed by atoms with van der Waals surface area (Å²) in [4.78, 5) is 18.3. The molecule has 2 unspecified atom stereocenters. The molecule has 3 heterocycles. The van der Waals surface area contributed by atoms with E-state index in [1.165, 1.54) is 35.1 Å². The highest BCUT2D eigenvalue weighted by molar-refractivity contribution is 6.01. The molecular weight excluding hydrogens is 484 g/mol. The molecule has 0 saturated carbocycles. The second kappa shape index (κ2) is 11.3. The Bertz CT molecular complexity index is 1350. The van der Waals surface area contributed by atoms with E-state index >= 15 is 0 Å². The maximum atomic E-state index is 13.6. The summed E-state index contributed by atoms with van der Waals surface area (Å²) in [5.41, 5.74) is 7.15. The Morgan fingerprint density at radius 1 is 0.846 bits per heavy atom. The standard InChI is InChI=1S/C34H38N2O3/c1-3-35(4-2)34(37)30-13-9-8-12-29(30)33(25-10-6-5-7-11-25)26-21-27-15-16-28(22-26)36(27)19-18-24-14-17-31-32(20-24)39-23-38-31/h5-14,17,20,27-28H,3-4,15-16,18-19,21-23H2,1-2H3. The summed E-state index contributed by atoms with van der Waals surface area (Å²) in [6.07, 6.45) is 5.58. The number of piperidine rings is 1. The number of fused-ring (bicyclic) bond motifs is 3. The number of hydrogen-bond donors (Lipinski definition) is 0. The topological polar surface area (TPSA) is 42.0 Å². The van der Waals surface area contributed by atoms with Gasteiger partial charge in [-0.25, -0.2) is 0 Å². The summed E-state index contributed by atoms with van der Waals surface area (Å²) in [5, 5.41) is 0. The van der Waals surface area contributed by atoms with Crippen LogP contribution in [-0.2, 0) is 6.42 Å². The number of ether oxygens (including phenoxy) is 2. The van der Waals surface area contributed by atoms with Crippen LogP contribution < -0.4 is 9.47 Å². The summed E-state index contributed by atoms with van der Waals surface area (Å²) >= 11 is 0. The van der Waals surface area contributed by atoms with Crippen molar-refractivity contribution in [2.24, 2.45) is 0 Å². The molecule has 3 aromatic rings. The second-order valence-electron chi connectivity index (χ2n) is 10.8. The molecule has 5 heteroatoms. The molecule has 2 bridgehead atoms. The number of rotatable bonds is 8. The fraction of sp³-hybridized carbons (Fsp3) is 0.382. The van der Waals surface area contributed by atoms with Crippen LogP contribution in [0.15, 0.2) is 78.4 Å². The molecule has 202 valence electrons. The molecule has 6 rings (SSSR count). The fourth-order valence-electron chi connectivity index (χ4n) is 6.75. The minimum absolute atomic E-state index is 0.119. The Labute approximate surface area is 232 Å². The van der Waals surface area contributed by atoms with E-state index < -0.39 is 0 Å². The Morgan fingerprint density at radius 2 is 1.51 bits per heavy atom. The molecule has 0 spiro atoms. The van der Waals surface area contributed by atoms with Crippen LogP contribution in [0.2, 0.25) is 0 Å². The number of amides is 1. The molecule has 1 amide bonds. The van der Waals surface area contributed by atoms with E-state index in [9.17, 15) is 4.79 Å². The third kappa shape index (κ3) is 5.08. The number of carbonyl (C=O) groups is 1. The van der Waals surface area contributed by atoms with Gasteiger partial charge in [-0.1, -0.05) is 60.2 Å². The third-order valence-corrected chi connectivity index (χ3v) is 8.72. The molecule has 5 nitrogen and oxygen atoms in total. The molecule has 0 aliphatic carbocycles. The first-order chi connectivity index (χ1) is 19.2. The minimum Gasteiger partial charge on any atom is -0.454 e. The monoisotopic (exact) mass is 522 g/mol. The first-order valence-electron chi connectivity index (χ1n) is 14.5. The van der Waals surface area contributed by atoms with Gasteiger partial charge in [0.25, 0.3) is 5.91 Å². The van der Waals surface area contributed by atoms with Gasteiger partial charge >= 0.3 is 0 Å². The van der Waals surface area contributed by atoms with Crippen molar-refractivity contribution in [1.82, 2.24) is 9.80 Å². The first-order valence-corrected chi connectivity index (χ1v) is 14.5. The van der Waals surface area contributed by atoms with E-state index in [1.54, 1.807) is 0 Å². The zero-order valence-corrected chi connectivity index (χ0v) is 23.1. The van der Waals surface area contributed by atoms with Crippen LogP contribution in [0.3, 0.4) is 0 Å². The average molecular weight is 523 g/mol. The summed E-state index contributed by atoms with van der Waals surface area (Å²) in [7, 11) is 0. The van der Waals surface area contributed by atoms with E-state index in [0.29, 0.717) is 32.0 Å². The number of carbonyl (C=O) groups excluding carboxylic acids is 1. The zero-order chi connectivity index (χ0) is 26.8. The van der Waals surface area contributed by atoms with Crippen molar-refractivity contribution in [1.29, 1.82) is 0 Å². The molecule has 39 heavy (non-hydrogen) atoms. The van der Waals surface area contributed by atoms with Crippen LogP contribution in [-0.4, -0.2) is 54.2 Å². The van der Waals surface area contributed by atoms with Gasteiger partial charge < -0.3 is 14.4 Å². The van der Waals surface area contributed by atoms with Gasteiger partial charge in [0.05, 0.1) is 0 Å². The summed E-state index contributed by atoms with van der Waals surface area (Å²) in [6, 6.07) is 26.3. The van der Waals surface area contributed by atoms with E-state index in [0.717, 1.165) is 48.4 Å². The van der Waals surface area contributed by atoms with Gasteiger partial charge in [0.15, 0.2) is 11.5 Å². The van der Waals surface area contributed by atoms with E-state index in [2.05, 4.69) is 73.3 Å². The van der Waals surface area contributed by atoms with E-state index in [4.69, 9.17) is 9.47 Å². The number of nitrogens with zero attached hydrogens (tertiary/aromatic N) is 2. The molecule has 2 saturated heterocycles. The van der Waals surface area contributed by atoms with Crippen LogP contribution in [0.1, 0.15) is 66.6 Å². The minimum atomic E-state index is 0.119. The van der Waals surface area contributed by atoms with Gasteiger partial charge in [-0.3, -0.25) is 9.69 Å². The normalized spacial score (nSPS) is 19.8. The third-order valence-electron chi connectivity index (χ3n) is 8.72. The Morgan fingerprint density at radius 3 is 2.23 bits per heavy atom. The smallest absolute Gasteiger partial charge is 0.254 e. The van der Waals surface area contributed by atoms with Crippen LogP contribution in [0.5, 0.6) is 11.5 Å². The Balaban J connectivity index is 1.30. The number of hydrogen-bond acceptors (Lipinski definition) is 4. The van der Waals surface area contributed by atoms with Crippen LogP contribution >= 0.6 is 0 Å². The van der Waals surface area contributed by atoms with Crippen molar-refractivity contribution in [2.75, 3.05) is 26.4 Å². The molecule has 2 fully saturated rings. The van der Waals surface area contributed by atoms with Crippen LogP contribution in [0.4, 0.5) is 0 Å². The van der Waals surface area contributed by atoms with Crippen molar-refractivity contribution in [2.45, 2.75) is 58.0 Å². The lowest BCUT2D eigenvalue weighted by atomic mass is 9.83. The van der Waals surface area contributed by atoms with Gasteiger partial charge in [-0.05, 0) is 86.4 Å².